The minimum absolute atomic E-state index is 0. The van der Waals surface area contributed by atoms with Crippen LogP contribution in [-0.2, 0) is 0 Å². The molecule has 0 fully saturated rings. The van der Waals surface area contributed by atoms with Crippen molar-refractivity contribution in [3.05, 3.63) is 30.1 Å². The number of pyridine rings is 1. The molecule has 0 aromatic carbocycles. The molecule has 1 aromatic rings. The molecule has 0 saturated carbocycles. The first kappa shape index (κ1) is 11.3. The van der Waals surface area contributed by atoms with Crippen molar-refractivity contribution in [2.24, 2.45) is 5.73 Å². The summed E-state index contributed by atoms with van der Waals surface area (Å²) in [5.41, 5.74) is 6.36. The number of aromatic nitrogens is 1. The number of hydrogen-bond donors (Lipinski definition) is 1. The molecule has 0 radical (unpaired) electrons. The Morgan fingerprint density at radius 1 is 1.50 bits per heavy atom. The van der Waals surface area contributed by atoms with Gasteiger partial charge in [0.05, 0.1) is 12.4 Å². The van der Waals surface area contributed by atoms with E-state index < -0.39 is 6.67 Å². The molecule has 1 aromatic heterocycles. The number of alkyl halides is 1. The Labute approximate surface area is 77.4 Å². The predicted molar refractivity (Wildman–Crippen MR) is 49.0 cm³/mol. The van der Waals surface area contributed by atoms with Crippen LogP contribution in [0.25, 0.3) is 0 Å². The van der Waals surface area contributed by atoms with E-state index in [1.807, 2.05) is 12.1 Å². The molecule has 0 bridgehead atoms. The van der Waals surface area contributed by atoms with Gasteiger partial charge in [0, 0.05) is 12.2 Å². The molecule has 68 valence electrons. The van der Waals surface area contributed by atoms with Gasteiger partial charge in [-0.2, -0.15) is 0 Å². The summed E-state index contributed by atoms with van der Waals surface area (Å²) in [4.78, 5) is 4.01. The predicted octanol–water partition coefficient (Wildman–Crippen LogP) is 1.86. The minimum Gasteiger partial charge on any atom is -0.323 e. The van der Waals surface area contributed by atoms with Crippen molar-refractivity contribution in [1.29, 1.82) is 0 Å². The van der Waals surface area contributed by atoms with Crippen LogP contribution in [0.3, 0.4) is 0 Å². The minimum atomic E-state index is -0.391. The summed E-state index contributed by atoms with van der Waals surface area (Å²) < 4.78 is 11.8. The summed E-state index contributed by atoms with van der Waals surface area (Å²) in [5.74, 6) is 0. The van der Waals surface area contributed by atoms with Gasteiger partial charge in [-0.25, -0.2) is 0 Å². The van der Waals surface area contributed by atoms with Crippen LogP contribution < -0.4 is 5.73 Å². The first-order valence-corrected chi connectivity index (χ1v) is 3.57. The lowest BCUT2D eigenvalue weighted by Crippen LogP contribution is -2.12. The molecule has 1 heterocycles. The highest BCUT2D eigenvalue weighted by Gasteiger charge is 2.04. The van der Waals surface area contributed by atoms with E-state index in [1.165, 1.54) is 0 Å². The smallest absolute Gasteiger partial charge is 0.0913 e. The fraction of sp³-hybridized carbons (Fsp3) is 0.375. The number of halogens is 2. The Bertz CT molecular complexity index is 205. The highest BCUT2D eigenvalue weighted by Crippen LogP contribution is 2.09. The molecule has 1 atom stereocenters. The third-order valence-electron chi connectivity index (χ3n) is 1.49. The lowest BCUT2D eigenvalue weighted by Gasteiger charge is -2.06. The van der Waals surface area contributed by atoms with Gasteiger partial charge in [-0.3, -0.25) is 9.37 Å². The third-order valence-corrected chi connectivity index (χ3v) is 1.49. The van der Waals surface area contributed by atoms with E-state index in [2.05, 4.69) is 4.98 Å². The Morgan fingerprint density at radius 2 is 2.25 bits per heavy atom. The van der Waals surface area contributed by atoms with Gasteiger partial charge in [0.15, 0.2) is 0 Å². The second-order valence-electron chi connectivity index (χ2n) is 2.34. The molecule has 2 nitrogen and oxygen atoms in total. The summed E-state index contributed by atoms with van der Waals surface area (Å²) >= 11 is 0. The number of nitrogens with two attached hydrogens (primary N) is 1. The van der Waals surface area contributed by atoms with Crippen LogP contribution in [0.1, 0.15) is 18.2 Å². The van der Waals surface area contributed by atoms with E-state index in [1.54, 1.807) is 12.3 Å². The fourth-order valence-corrected chi connectivity index (χ4v) is 0.861. The molecule has 2 N–H and O–H groups in total. The van der Waals surface area contributed by atoms with Crippen molar-refractivity contribution in [2.75, 3.05) is 6.67 Å². The summed E-state index contributed by atoms with van der Waals surface area (Å²) in [7, 11) is 0. The molecule has 0 aliphatic rings. The maximum Gasteiger partial charge on any atom is 0.0913 e. The normalized spacial score (nSPS) is 11.8. The molecule has 0 amide bonds. The van der Waals surface area contributed by atoms with Gasteiger partial charge in [0.1, 0.15) is 0 Å². The van der Waals surface area contributed by atoms with Crippen molar-refractivity contribution in [3.63, 3.8) is 0 Å². The highest BCUT2D eigenvalue weighted by atomic mass is 35.5. The average molecular weight is 191 g/mol. The monoisotopic (exact) mass is 190 g/mol. The SMILES string of the molecule is Cl.N[C@@H](CCF)c1ccccn1. The first-order valence-electron chi connectivity index (χ1n) is 3.57. The molecule has 4 heteroatoms. The van der Waals surface area contributed by atoms with Crippen LogP contribution in [0.4, 0.5) is 4.39 Å². The number of rotatable bonds is 3. The molecule has 0 aliphatic heterocycles. The van der Waals surface area contributed by atoms with Gasteiger partial charge in [-0.15, -0.1) is 12.4 Å². The van der Waals surface area contributed by atoms with Gasteiger partial charge in [-0.1, -0.05) is 6.07 Å². The quantitative estimate of drug-likeness (QED) is 0.791. The molecule has 12 heavy (non-hydrogen) atoms. The fourth-order valence-electron chi connectivity index (χ4n) is 0.861. The van der Waals surface area contributed by atoms with E-state index in [9.17, 15) is 4.39 Å². The second-order valence-corrected chi connectivity index (χ2v) is 2.34. The summed E-state index contributed by atoms with van der Waals surface area (Å²) in [6.45, 7) is -0.391. The molecule has 0 aliphatic carbocycles. The number of nitrogens with zero attached hydrogens (tertiary/aromatic N) is 1. The Kier molecular flexibility index (Phi) is 5.58. The zero-order chi connectivity index (χ0) is 8.10. The van der Waals surface area contributed by atoms with Crippen molar-refractivity contribution >= 4 is 12.4 Å². The van der Waals surface area contributed by atoms with Crippen LogP contribution in [-0.4, -0.2) is 11.7 Å². The average Bonchev–Trinajstić information content (AvgIpc) is 2.07. The van der Waals surface area contributed by atoms with E-state index >= 15 is 0 Å². The Morgan fingerprint density at radius 3 is 2.75 bits per heavy atom. The van der Waals surface area contributed by atoms with Gasteiger partial charge in [0.25, 0.3) is 0 Å². The summed E-state index contributed by atoms with van der Waals surface area (Å²) in [6, 6.07) is 5.20. The highest BCUT2D eigenvalue weighted by molar-refractivity contribution is 5.85. The van der Waals surface area contributed by atoms with Crippen molar-refractivity contribution in [3.8, 4) is 0 Å². The van der Waals surface area contributed by atoms with Gasteiger partial charge < -0.3 is 5.73 Å². The van der Waals surface area contributed by atoms with Gasteiger partial charge >= 0.3 is 0 Å². The van der Waals surface area contributed by atoms with E-state index in [0.29, 0.717) is 6.42 Å². The lowest BCUT2D eigenvalue weighted by atomic mass is 10.1. The molecule has 0 unspecified atom stereocenters. The summed E-state index contributed by atoms with van der Waals surface area (Å²) in [5, 5.41) is 0. The van der Waals surface area contributed by atoms with Crippen LogP contribution >= 0.6 is 12.4 Å². The Hall–Kier alpha value is -0.670. The molecule has 1 rings (SSSR count). The maximum atomic E-state index is 11.8. The van der Waals surface area contributed by atoms with E-state index in [-0.39, 0.29) is 18.4 Å². The molecular formula is C8H12ClFN2. The number of hydrogen-bond acceptors (Lipinski definition) is 2. The standard InChI is InChI=1S/C8H11FN2.ClH/c9-5-4-7(10)8-3-1-2-6-11-8;/h1-3,6-7H,4-5,10H2;1H/t7-;/m0./s1. The van der Waals surface area contributed by atoms with Crippen LogP contribution in [0.15, 0.2) is 24.4 Å². The van der Waals surface area contributed by atoms with Crippen LogP contribution in [0.2, 0.25) is 0 Å². The van der Waals surface area contributed by atoms with Crippen LogP contribution in [0, 0.1) is 0 Å². The van der Waals surface area contributed by atoms with E-state index in [0.717, 1.165) is 5.69 Å². The zero-order valence-corrected chi connectivity index (χ0v) is 7.43. The van der Waals surface area contributed by atoms with Crippen molar-refractivity contribution < 1.29 is 4.39 Å². The van der Waals surface area contributed by atoms with E-state index in [4.69, 9.17) is 5.73 Å². The third kappa shape index (κ3) is 3.15. The molecule has 0 spiro atoms. The van der Waals surface area contributed by atoms with Crippen molar-refractivity contribution in [1.82, 2.24) is 4.98 Å². The largest absolute Gasteiger partial charge is 0.323 e. The Balaban J connectivity index is 0.00000121. The van der Waals surface area contributed by atoms with Crippen LogP contribution in [0.5, 0.6) is 0 Å². The molecular weight excluding hydrogens is 179 g/mol. The second kappa shape index (κ2) is 5.91. The zero-order valence-electron chi connectivity index (χ0n) is 6.61. The first-order chi connectivity index (χ1) is 5.34. The van der Waals surface area contributed by atoms with Gasteiger partial charge in [-0.05, 0) is 18.6 Å². The lowest BCUT2D eigenvalue weighted by molar-refractivity contribution is 0.438. The topological polar surface area (TPSA) is 38.9 Å². The molecule has 0 saturated heterocycles. The van der Waals surface area contributed by atoms with Crippen molar-refractivity contribution in [2.45, 2.75) is 12.5 Å². The summed E-state index contributed by atoms with van der Waals surface area (Å²) in [6.07, 6.45) is 2.00. The van der Waals surface area contributed by atoms with Gasteiger partial charge in [0.2, 0.25) is 0 Å². The maximum absolute atomic E-state index is 11.8.